The van der Waals surface area contributed by atoms with Crippen molar-refractivity contribution in [2.45, 2.75) is 13.3 Å². The van der Waals surface area contributed by atoms with Gasteiger partial charge in [-0.1, -0.05) is 6.92 Å². The maximum atomic E-state index is 12.7. The maximum absolute atomic E-state index is 12.7. The van der Waals surface area contributed by atoms with Crippen molar-refractivity contribution in [2.24, 2.45) is 0 Å². The van der Waals surface area contributed by atoms with Gasteiger partial charge in [0.1, 0.15) is 11.6 Å². The monoisotopic (exact) mass is 182 g/mol. The topological polar surface area (TPSA) is 26.3 Å². The molecule has 0 fully saturated rings. The third kappa shape index (κ3) is 2.54. The minimum Gasteiger partial charge on any atom is -0.493 e. The van der Waals surface area contributed by atoms with Crippen LogP contribution >= 0.6 is 0 Å². The molecule has 0 atom stereocenters. The Labute approximate surface area is 76.3 Å². The van der Waals surface area contributed by atoms with Crippen molar-refractivity contribution in [3.05, 3.63) is 29.6 Å². The van der Waals surface area contributed by atoms with Gasteiger partial charge in [-0.25, -0.2) is 4.39 Å². The first kappa shape index (κ1) is 9.71. The lowest BCUT2D eigenvalue weighted by Gasteiger charge is -2.06. The van der Waals surface area contributed by atoms with Crippen molar-refractivity contribution in [2.75, 3.05) is 6.61 Å². The molecule has 0 N–H and O–H groups in total. The number of benzene rings is 1. The maximum Gasteiger partial charge on any atom is 0.153 e. The average molecular weight is 182 g/mol. The molecule has 1 aromatic carbocycles. The van der Waals surface area contributed by atoms with Gasteiger partial charge in [0, 0.05) is 6.07 Å². The third-order valence-corrected chi connectivity index (χ3v) is 1.56. The molecule has 0 spiro atoms. The molecule has 0 bridgehead atoms. The molecule has 0 radical (unpaired) electrons. The Bertz CT molecular complexity index is 297. The van der Waals surface area contributed by atoms with Crippen LogP contribution in [-0.2, 0) is 0 Å². The van der Waals surface area contributed by atoms with Gasteiger partial charge < -0.3 is 4.74 Å². The molecule has 0 amide bonds. The first-order valence-corrected chi connectivity index (χ1v) is 4.15. The molecule has 2 nitrogen and oxygen atoms in total. The van der Waals surface area contributed by atoms with Crippen LogP contribution in [0.4, 0.5) is 4.39 Å². The van der Waals surface area contributed by atoms with E-state index in [1.54, 1.807) is 0 Å². The summed E-state index contributed by atoms with van der Waals surface area (Å²) in [5.41, 5.74) is 0.384. The normalized spacial score (nSPS) is 9.69. The molecular weight excluding hydrogens is 171 g/mol. The molecule has 0 saturated heterocycles. The zero-order valence-electron chi connectivity index (χ0n) is 7.42. The lowest BCUT2D eigenvalue weighted by atomic mass is 10.2. The number of halogens is 1. The molecule has 3 heteroatoms. The highest BCUT2D eigenvalue weighted by atomic mass is 19.1. The zero-order valence-corrected chi connectivity index (χ0v) is 7.42. The van der Waals surface area contributed by atoms with Crippen LogP contribution in [0.25, 0.3) is 0 Å². The van der Waals surface area contributed by atoms with E-state index in [2.05, 4.69) is 0 Å². The Morgan fingerprint density at radius 3 is 2.92 bits per heavy atom. The van der Waals surface area contributed by atoms with E-state index >= 15 is 0 Å². The van der Waals surface area contributed by atoms with Crippen LogP contribution in [0.5, 0.6) is 5.75 Å². The summed E-state index contributed by atoms with van der Waals surface area (Å²) in [4.78, 5) is 10.5. The lowest BCUT2D eigenvalue weighted by Crippen LogP contribution is -1.98. The number of rotatable bonds is 4. The van der Waals surface area contributed by atoms with Crippen LogP contribution in [0, 0.1) is 5.82 Å². The van der Waals surface area contributed by atoms with E-state index in [4.69, 9.17) is 4.74 Å². The smallest absolute Gasteiger partial charge is 0.153 e. The first-order chi connectivity index (χ1) is 6.27. The summed E-state index contributed by atoms with van der Waals surface area (Å²) in [6, 6.07) is 3.87. The number of carbonyl (C=O) groups excluding carboxylic acids is 1. The Kier molecular flexibility index (Phi) is 3.43. The average Bonchev–Trinajstić information content (AvgIpc) is 2.15. The van der Waals surface area contributed by atoms with Crippen molar-refractivity contribution < 1.29 is 13.9 Å². The fourth-order valence-corrected chi connectivity index (χ4v) is 0.943. The molecule has 0 aliphatic rings. The molecule has 0 aliphatic carbocycles. The van der Waals surface area contributed by atoms with Crippen LogP contribution in [0.15, 0.2) is 18.2 Å². The molecule has 0 aromatic heterocycles. The van der Waals surface area contributed by atoms with Gasteiger partial charge in [0.2, 0.25) is 0 Å². The highest BCUT2D eigenvalue weighted by Gasteiger charge is 2.03. The lowest BCUT2D eigenvalue weighted by molar-refractivity contribution is 0.111. The minimum absolute atomic E-state index is 0.317. The summed E-state index contributed by atoms with van der Waals surface area (Å²) in [5, 5.41) is 0. The van der Waals surface area contributed by atoms with Gasteiger partial charge in [0.15, 0.2) is 6.29 Å². The molecule has 1 aromatic rings. The van der Waals surface area contributed by atoms with Gasteiger partial charge in [-0.3, -0.25) is 4.79 Å². The number of ether oxygens (including phenoxy) is 1. The third-order valence-electron chi connectivity index (χ3n) is 1.56. The first-order valence-electron chi connectivity index (χ1n) is 4.15. The Morgan fingerprint density at radius 2 is 2.31 bits per heavy atom. The molecular formula is C10H11FO2. The Morgan fingerprint density at radius 1 is 1.54 bits per heavy atom. The van der Waals surface area contributed by atoms with E-state index in [-0.39, 0.29) is 0 Å². The van der Waals surface area contributed by atoms with Crippen LogP contribution in [0.3, 0.4) is 0 Å². The van der Waals surface area contributed by atoms with Gasteiger partial charge in [-0.15, -0.1) is 0 Å². The minimum atomic E-state index is -0.392. The summed E-state index contributed by atoms with van der Waals surface area (Å²) in [5.74, 6) is -0.0754. The highest BCUT2D eigenvalue weighted by molar-refractivity contribution is 5.79. The van der Waals surface area contributed by atoms with Crippen LogP contribution < -0.4 is 4.74 Å². The Hall–Kier alpha value is -1.38. The van der Waals surface area contributed by atoms with Crippen molar-refractivity contribution >= 4 is 6.29 Å². The molecule has 0 heterocycles. The number of hydrogen-bond acceptors (Lipinski definition) is 2. The van der Waals surface area contributed by atoms with Gasteiger partial charge >= 0.3 is 0 Å². The van der Waals surface area contributed by atoms with Crippen LogP contribution in [-0.4, -0.2) is 12.9 Å². The fraction of sp³-hybridized carbons (Fsp3) is 0.300. The van der Waals surface area contributed by atoms with Crippen molar-refractivity contribution in [1.82, 2.24) is 0 Å². The Balaban J connectivity index is 2.87. The van der Waals surface area contributed by atoms with E-state index in [9.17, 15) is 9.18 Å². The molecule has 70 valence electrons. The van der Waals surface area contributed by atoms with Crippen molar-refractivity contribution in [1.29, 1.82) is 0 Å². The largest absolute Gasteiger partial charge is 0.493 e. The quantitative estimate of drug-likeness (QED) is 0.668. The second-order valence-corrected chi connectivity index (χ2v) is 2.65. The summed E-state index contributed by atoms with van der Waals surface area (Å²) in [6.07, 6.45) is 1.49. The fourth-order valence-electron chi connectivity index (χ4n) is 0.943. The van der Waals surface area contributed by atoms with E-state index in [1.807, 2.05) is 6.92 Å². The van der Waals surface area contributed by atoms with E-state index in [0.717, 1.165) is 6.42 Å². The van der Waals surface area contributed by atoms with Gasteiger partial charge in [0.25, 0.3) is 0 Å². The van der Waals surface area contributed by atoms with E-state index < -0.39 is 5.82 Å². The van der Waals surface area contributed by atoms with Gasteiger partial charge in [-0.2, -0.15) is 0 Å². The molecule has 0 saturated carbocycles. The molecule has 0 aliphatic heterocycles. The van der Waals surface area contributed by atoms with Gasteiger partial charge in [0.05, 0.1) is 12.2 Å². The number of carbonyl (C=O) groups is 1. The second-order valence-electron chi connectivity index (χ2n) is 2.65. The standard InChI is InChI=1S/C10H11FO2/c1-2-5-13-10-6-9(11)4-3-8(10)7-12/h3-4,6-7H,2,5H2,1H3. The number of hydrogen-bond donors (Lipinski definition) is 0. The second kappa shape index (κ2) is 4.60. The summed E-state index contributed by atoms with van der Waals surface area (Å²) >= 11 is 0. The zero-order chi connectivity index (χ0) is 9.68. The van der Waals surface area contributed by atoms with E-state index in [1.165, 1.54) is 18.2 Å². The SMILES string of the molecule is CCCOc1cc(F)ccc1C=O. The molecule has 13 heavy (non-hydrogen) atoms. The molecule has 1 rings (SSSR count). The molecule has 0 unspecified atom stereocenters. The van der Waals surface area contributed by atoms with Crippen molar-refractivity contribution in [3.63, 3.8) is 0 Å². The summed E-state index contributed by atoms with van der Waals surface area (Å²) < 4.78 is 17.9. The summed E-state index contributed by atoms with van der Waals surface area (Å²) in [7, 11) is 0. The highest BCUT2D eigenvalue weighted by Crippen LogP contribution is 2.18. The van der Waals surface area contributed by atoms with E-state index in [0.29, 0.717) is 24.2 Å². The van der Waals surface area contributed by atoms with Gasteiger partial charge in [-0.05, 0) is 18.6 Å². The predicted octanol–water partition coefficient (Wildman–Crippen LogP) is 2.43. The predicted molar refractivity (Wildman–Crippen MR) is 47.6 cm³/mol. The van der Waals surface area contributed by atoms with Crippen molar-refractivity contribution in [3.8, 4) is 5.75 Å². The van der Waals surface area contributed by atoms with Crippen LogP contribution in [0.1, 0.15) is 23.7 Å². The van der Waals surface area contributed by atoms with Crippen LogP contribution in [0.2, 0.25) is 0 Å². The number of aldehydes is 1. The summed E-state index contributed by atoms with van der Waals surface area (Å²) in [6.45, 7) is 2.43.